The van der Waals surface area contributed by atoms with Crippen molar-refractivity contribution in [1.82, 2.24) is 0 Å². The van der Waals surface area contributed by atoms with Crippen LogP contribution in [0.15, 0.2) is 101 Å². The van der Waals surface area contributed by atoms with Gasteiger partial charge in [0.2, 0.25) is 0 Å². The molecule has 0 saturated heterocycles. The quantitative estimate of drug-likeness (QED) is 0.268. The molecule has 180 valence electrons. The van der Waals surface area contributed by atoms with Crippen LogP contribution in [0.4, 0.5) is 4.53 Å². The molecule has 0 aliphatic rings. The summed E-state index contributed by atoms with van der Waals surface area (Å²) in [5.74, 6) is -0.213. The predicted molar refractivity (Wildman–Crippen MR) is 138 cm³/mol. The first-order valence-corrected chi connectivity index (χ1v) is 13.7. The van der Waals surface area contributed by atoms with Crippen molar-refractivity contribution in [3.05, 3.63) is 96.6 Å². The maximum absolute atomic E-state index is 11.3. The van der Waals surface area contributed by atoms with Gasteiger partial charge in [0, 0.05) is 9.79 Å². The molecule has 0 heterocycles. The fraction of sp³-hybridized carbons (Fsp3) is 0.333. The van der Waals surface area contributed by atoms with Crippen LogP contribution in [0.3, 0.4) is 0 Å². The van der Waals surface area contributed by atoms with E-state index in [-0.39, 0.29) is 5.75 Å². The third-order valence-corrected chi connectivity index (χ3v) is 6.50. The highest BCUT2D eigenvalue weighted by Gasteiger charge is 2.10. The van der Waals surface area contributed by atoms with Gasteiger partial charge in [-0.15, -0.1) is 0 Å². The molecule has 3 nitrogen and oxygen atoms in total. The summed E-state index contributed by atoms with van der Waals surface area (Å²) in [7, 11) is -3.88. The summed E-state index contributed by atoms with van der Waals surface area (Å²) in [5.41, 5.74) is 1.32. The number of benzene rings is 3. The minimum Gasteiger partial charge on any atom is -0.197 e. The molecule has 3 aromatic carbocycles. The van der Waals surface area contributed by atoms with Crippen molar-refractivity contribution in [3.63, 3.8) is 0 Å². The summed E-state index contributed by atoms with van der Waals surface area (Å²) >= 11 is 1.79. The van der Waals surface area contributed by atoms with Gasteiger partial charge in [-0.05, 0) is 42.1 Å². The first-order valence-electron chi connectivity index (χ1n) is 11.3. The Labute approximate surface area is 203 Å². The van der Waals surface area contributed by atoms with Gasteiger partial charge < -0.3 is 0 Å². The third kappa shape index (κ3) is 16.2. The average Bonchev–Trinajstić information content (AvgIpc) is 2.84. The van der Waals surface area contributed by atoms with Crippen molar-refractivity contribution < 1.29 is 17.3 Å². The monoisotopic (exact) mass is 490 g/mol. The summed E-state index contributed by atoms with van der Waals surface area (Å²) in [6.45, 7) is 4.20. The van der Waals surface area contributed by atoms with Crippen LogP contribution in [0.25, 0.3) is 0 Å². The van der Waals surface area contributed by atoms with E-state index in [0.29, 0.717) is 6.42 Å². The van der Waals surface area contributed by atoms with Gasteiger partial charge in [0.25, 0.3) is 10.1 Å². The molecular formula is C27H35FO3S2. The maximum Gasteiger partial charge on any atom is 0.297 e. The topological polar surface area (TPSA) is 43.4 Å². The second-order valence-electron chi connectivity index (χ2n) is 7.48. The summed E-state index contributed by atoms with van der Waals surface area (Å²) in [6, 6.07) is 31.1. The molecule has 33 heavy (non-hydrogen) atoms. The molecule has 0 aliphatic heterocycles. The summed E-state index contributed by atoms with van der Waals surface area (Å²) in [4.78, 5) is 2.57. The van der Waals surface area contributed by atoms with Crippen molar-refractivity contribution in [1.29, 1.82) is 0 Å². The highest BCUT2D eigenvalue weighted by molar-refractivity contribution is 7.99. The summed E-state index contributed by atoms with van der Waals surface area (Å²) in [6.07, 6.45) is 5.76. The molecule has 3 rings (SSSR count). The van der Waals surface area contributed by atoms with Gasteiger partial charge >= 0.3 is 0 Å². The fourth-order valence-corrected chi connectivity index (χ4v) is 4.22. The van der Waals surface area contributed by atoms with Gasteiger partial charge in [0.05, 0.1) is 5.75 Å². The van der Waals surface area contributed by atoms with Gasteiger partial charge in [-0.2, -0.15) is 8.42 Å². The zero-order valence-corrected chi connectivity index (χ0v) is 21.2. The van der Waals surface area contributed by atoms with E-state index in [1.807, 2.05) is 30.3 Å². The fourth-order valence-electron chi connectivity index (χ4n) is 2.74. The maximum atomic E-state index is 11.3. The molecule has 0 unspecified atom stereocenters. The largest absolute Gasteiger partial charge is 0.297 e. The lowest BCUT2D eigenvalue weighted by Crippen LogP contribution is -2.05. The van der Waals surface area contributed by atoms with Crippen LogP contribution in [-0.4, -0.2) is 14.2 Å². The van der Waals surface area contributed by atoms with E-state index in [4.69, 9.17) is 0 Å². The molecule has 3 aromatic rings. The van der Waals surface area contributed by atoms with Crippen LogP contribution in [0.1, 0.15) is 51.0 Å². The number of hydrogen-bond acceptors (Lipinski definition) is 4. The standard InChI is InChI=1S/C12H10S.C8H17FO3S.C7H8/c1-3-7-11(8-4-1)13-12-9-5-2-6-10-12;1-2-3-4-5-6-7-8-13(10,11)12-9;1-7-5-3-2-4-6-7/h1-10H;2-8H2,1H3;2-6H,1H3. The number of rotatable bonds is 10. The minimum absolute atomic E-state index is 0.213. The van der Waals surface area contributed by atoms with E-state index in [0.717, 1.165) is 25.7 Å². The molecule has 0 fully saturated rings. The van der Waals surface area contributed by atoms with E-state index in [1.165, 1.54) is 21.8 Å². The Kier molecular flexibility index (Phi) is 16.0. The molecule has 0 N–H and O–H groups in total. The van der Waals surface area contributed by atoms with E-state index < -0.39 is 10.1 Å². The molecule has 0 radical (unpaired) electrons. The van der Waals surface area contributed by atoms with Crippen LogP contribution in [0, 0.1) is 6.92 Å². The van der Waals surface area contributed by atoms with Crippen molar-refractivity contribution in [3.8, 4) is 0 Å². The zero-order valence-electron chi connectivity index (χ0n) is 19.5. The normalized spacial score (nSPS) is 10.4. The summed E-state index contributed by atoms with van der Waals surface area (Å²) in [5, 5.41) is 0. The second-order valence-corrected chi connectivity index (χ2v) is 10.3. The van der Waals surface area contributed by atoms with Crippen LogP contribution in [-0.2, 0) is 14.5 Å². The smallest absolute Gasteiger partial charge is 0.197 e. The molecule has 0 saturated carbocycles. The van der Waals surface area contributed by atoms with Crippen molar-refractivity contribution in [2.24, 2.45) is 0 Å². The van der Waals surface area contributed by atoms with E-state index in [9.17, 15) is 12.9 Å². The highest BCUT2D eigenvalue weighted by atomic mass is 32.2. The Morgan fingerprint density at radius 1 is 0.697 bits per heavy atom. The molecule has 6 heteroatoms. The molecule has 0 spiro atoms. The molecular weight excluding hydrogens is 455 g/mol. The SMILES string of the molecule is CCCCCCCCS(=O)(=O)OF.Cc1ccccc1.c1ccc(Sc2ccccc2)cc1. The number of aryl methyl sites for hydroxylation is 1. The van der Waals surface area contributed by atoms with Gasteiger partial charge in [-0.1, -0.05) is 127 Å². The Morgan fingerprint density at radius 2 is 1.12 bits per heavy atom. The number of halogens is 1. The van der Waals surface area contributed by atoms with Crippen LogP contribution in [0.5, 0.6) is 0 Å². The lowest BCUT2D eigenvalue weighted by molar-refractivity contribution is 0.00288. The number of hydrogen-bond donors (Lipinski definition) is 0. The Morgan fingerprint density at radius 3 is 1.52 bits per heavy atom. The summed E-state index contributed by atoms with van der Waals surface area (Å²) < 4.78 is 35.1. The van der Waals surface area contributed by atoms with E-state index in [2.05, 4.69) is 78.9 Å². The molecule has 0 atom stereocenters. The molecule has 0 amide bonds. The Balaban J connectivity index is 0.000000259. The van der Waals surface area contributed by atoms with Gasteiger partial charge in [-0.3, -0.25) is 0 Å². The molecule has 0 aliphatic carbocycles. The molecule has 0 aromatic heterocycles. The molecule has 0 bridgehead atoms. The second kappa shape index (κ2) is 18.3. The first-order chi connectivity index (χ1) is 16.0. The van der Waals surface area contributed by atoms with Crippen molar-refractivity contribution in [2.45, 2.75) is 62.2 Å². The van der Waals surface area contributed by atoms with Crippen LogP contribution >= 0.6 is 11.8 Å². The van der Waals surface area contributed by atoms with Gasteiger partial charge in [-0.25, -0.2) is 0 Å². The minimum atomic E-state index is -3.88. The van der Waals surface area contributed by atoms with Crippen molar-refractivity contribution in [2.75, 3.05) is 5.75 Å². The predicted octanol–water partition coefficient (Wildman–Crippen LogP) is 8.41. The zero-order chi connectivity index (χ0) is 24.2. The lowest BCUT2D eigenvalue weighted by atomic mass is 10.1. The van der Waals surface area contributed by atoms with Crippen LogP contribution in [0.2, 0.25) is 0 Å². The third-order valence-electron chi connectivity index (χ3n) is 4.51. The van der Waals surface area contributed by atoms with Crippen molar-refractivity contribution >= 4 is 21.9 Å². The van der Waals surface area contributed by atoms with E-state index >= 15 is 0 Å². The van der Waals surface area contributed by atoms with Gasteiger partial charge in [0.1, 0.15) is 0 Å². The Bertz CT molecular complexity index is 897. The number of unbranched alkanes of at least 4 members (excludes halogenated alkanes) is 5. The average molecular weight is 491 g/mol. The highest BCUT2D eigenvalue weighted by Crippen LogP contribution is 2.26. The van der Waals surface area contributed by atoms with E-state index in [1.54, 1.807) is 11.8 Å². The van der Waals surface area contributed by atoms with Crippen LogP contribution < -0.4 is 0 Å². The first kappa shape index (κ1) is 28.9. The lowest BCUT2D eigenvalue weighted by Gasteiger charge is -1.99. The Hall–Kier alpha value is -2.15. The van der Waals surface area contributed by atoms with Gasteiger partial charge in [0.15, 0.2) is 0 Å².